The van der Waals surface area contributed by atoms with Crippen molar-refractivity contribution >= 4 is 5.91 Å². The van der Waals surface area contributed by atoms with E-state index in [9.17, 15) is 4.79 Å². The SMILES string of the molecule is NC(=O)[CH-]COc1[c-]cccc1.[U+2]. The Hall–Kier alpha value is -0.588. The molecule has 1 amide bonds. The summed E-state index contributed by atoms with van der Waals surface area (Å²) in [7, 11) is 0. The fraction of sp³-hybridized carbons (Fsp3) is 0.111. The molecule has 0 unspecified atom stereocenters. The number of carbonyl (C=O) groups excluding carboxylic acids is 1. The summed E-state index contributed by atoms with van der Waals surface area (Å²) in [5.74, 6) is 0.126. The molecule has 4 heteroatoms. The molecule has 0 heterocycles. The molecule has 0 atom stereocenters. The Morgan fingerprint density at radius 1 is 1.62 bits per heavy atom. The molecule has 13 heavy (non-hydrogen) atoms. The second-order valence-electron chi connectivity index (χ2n) is 2.14. The van der Waals surface area contributed by atoms with Crippen molar-refractivity contribution in [3.05, 3.63) is 36.8 Å². The minimum atomic E-state index is -0.481. The monoisotopic (exact) mass is 401 g/mol. The van der Waals surface area contributed by atoms with Crippen molar-refractivity contribution < 1.29 is 40.6 Å². The molecule has 0 aliphatic heterocycles. The average molecular weight is 401 g/mol. The fourth-order valence-corrected chi connectivity index (χ4v) is 0.680. The van der Waals surface area contributed by atoms with Crippen LogP contribution in [0.25, 0.3) is 0 Å². The van der Waals surface area contributed by atoms with E-state index in [1.807, 2.05) is 12.1 Å². The molecule has 1 rings (SSSR count). The number of hydrogen-bond acceptors (Lipinski definition) is 2. The molecule has 66 valence electrons. The van der Waals surface area contributed by atoms with Gasteiger partial charge in [-0.2, -0.15) is 18.2 Å². The number of ether oxygens (including phenoxy) is 1. The maximum atomic E-state index is 10.3. The number of para-hydroxylation sites is 1. The van der Waals surface area contributed by atoms with Gasteiger partial charge in [0.2, 0.25) is 0 Å². The number of primary amides is 1. The first kappa shape index (κ1) is 12.4. The Morgan fingerprint density at radius 2 is 2.38 bits per heavy atom. The van der Waals surface area contributed by atoms with Gasteiger partial charge in [0.25, 0.3) is 0 Å². The summed E-state index contributed by atoms with van der Waals surface area (Å²) in [6, 6.07) is 10.0. The van der Waals surface area contributed by atoms with E-state index in [2.05, 4.69) is 6.07 Å². The van der Waals surface area contributed by atoms with E-state index < -0.39 is 5.91 Å². The van der Waals surface area contributed by atoms with Crippen molar-refractivity contribution in [3.63, 3.8) is 0 Å². The summed E-state index contributed by atoms with van der Waals surface area (Å²) < 4.78 is 5.10. The Bertz CT molecular complexity index is 251. The van der Waals surface area contributed by atoms with Gasteiger partial charge >= 0.3 is 31.1 Å². The van der Waals surface area contributed by atoms with Crippen molar-refractivity contribution in [3.8, 4) is 5.75 Å². The Kier molecular flexibility index (Phi) is 6.57. The number of nitrogens with two attached hydrogens (primary N) is 1. The van der Waals surface area contributed by atoms with Gasteiger partial charge < -0.3 is 15.3 Å². The topological polar surface area (TPSA) is 52.3 Å². The van der Waals surface area contributed by atoms with E-state index in [1.165, 1.54) is 6.42 Å². The van der Waals surface area contributed by atoms with E-state index in [0.717, 1.165) is 0 Å². The van der Waals surface area contributed by atoms with Gasteiger partial charge in [-0.15, -0.1) is 12.1 Å². The number of rotatable bonds is 4. The van der Waals surface area contributed by atoms with Crippen LogP contribution in [-0.4, -0.2) is 12.5 Å². The minimum absolute atomic E-state index is 0. The van der Waals surface area contributed by atoms with Crippen LogP contribution in [0.3, 0.4) is 0 Å². The maximum Gasteiger partial charge on any atom is 2.00 e. The van der Waals surface area contributed by atoms with Crippen molar-refractivity contribution in [2.24, 2.45) is 5.73 Å². The maximum absolute atomic E-state index is 10.3. The molecule has 1 aromatic rings. The van der Waals surface area contributed by atoms with Crippen molar-refractivity contribution in [1.82, 2.24) is 0 Å². The van der Waals surface area contributed by atoms with Crippen LogP contribution in [0, 0.1) is 43.6 Å². The molecule has 1 aromatic carbocycles. The fourth-order valence-electron chi connectivity index (χ4n) is 0.680. The quantitative estimate of drug-likeness (QED) is 0.750. The number of hydrogen-bond donors (Lipinski definition) is 1. The van der Waals surface area contributed by atoms with Gasteiger partial charge in [-0.3, -0.25) is 6.42 Å². The number of benzene rings is 1. The zero-order valence-corrected chi connectivity index (χ0v) is 11.2. The second-order valence-corrected chi connectivity index (χ2v) is 2.14. The predicted molar refractivity (Wildman–Crippen MR) is 44.3 cm³/mol. The molecular formula is C9H9NO2U. The molecule has 2 N–H and O–H groups in total. The number of amides is 1. The van der Waals surface area contributed by atoms with Crippen molar-refractivity contribution in [1.29, 1.82) is 0 Å². The summed E-state index contributed by atoms with van der Waals surface area (Å²) in [4.78, 5) is 10.3. The van der Waals surface area contributed by atoms with Crippen molar-refractivity contribution in [2.45, 2.75) is 0 Å². The zero-order valence-electron chi connectivity index (χ0n) is 6.99. The molecule has 0 saturated carbocycles. The molecule has 0 bridgehead atoms. The first-order chi connectivity index (χ1) is 5.79. The van der Waals surface area contributed by atoms with Crippen LogP contribution in [0.4, 0.5) is 0 Å². The Morgan fingerprint density at radius 3 is 2.92 bits per heavy atom. The average Bonchev–Trinajstić information content (AvgIpc) is 2.05. The van der Waals surface area contributed by atoms with Crippen molar-refractivity contribution in [2.75, 3.05) is 6.61 Å². The molecule has 0 aliphatic rings. The number of carbonyl (C=O) groups is 1. The summed E-state index contributed by atoms with van der Waals surface area (Å²) >= 11 is 0. The predicted octanol–water partition coefficient (Wildman–Crippen LogP) is 0.555. The van der Waals surface area contributed by atoms with Crippen LogP contribution < -0.4 is 10.5 Å². The van der Waals surface area contributed by atoms with Gasteiger partial charge in [0, 0.05) is 5.75 Å². The van der Waals surface area contributed by atoms with Gasteiger partial charge in [0.05, 0.1) is 5.91 Å². The summed E-state index contributed by atoms with van der Waals surface area (Å²) in [5.41, 5.74) is 4.87. The van der Waals surface area contributed by atoms with Gasteiger partial charge in [0.1, 0.15) is 0 Å². The second kappa shape index (κ2) is 6.88. The minimum Gasteiger partial charge on any atom is -0.548 e. The van der Waals surface area contributed by atoms with Gasteiger partial charge in [-0.05, 0) is 6.61 Å². The standard InChI is InChI=1S/C9H9NO2.U/c10-9(11)6-7-12-8-4-2-1-3-5-8;/h1-4,6H,7H2,(H2,10,11);/q-2;+2. The van der Waals surface area contributed by atoms with Crippen LogP contribution in [0.2, 0.25) is 0 Å². The van der Waals surface area contributed by atoms with Gasteiger partial charge in [0.15, 0.2) is 0 Å². The van der Waals surface area contributed by atoms with E-state index in [0.29, 0.717) is 5.75 Å². The first-order valence-electron chi connectivity index (χ1n) is 3.51. The van der Waals surface area contributed by atoms with E-state index in [4.69, 9.17) is 10.5 Å². The smallest absolute Gasteiger partial charge is 0.548 e. The van der Waals surface area contributed by atoms with Crippen LogP contribution >= 0.6 is 0 Å². The summed E-state index contributed by atoms with van der Waals surface area (Å²) in [6.07, 6.45) is 1.26. The summed E-state index contributed by atoms with van der Waals surface area (Å²) in [6.45, 7) is 0.190. The molecule has 0 radical (unpaired) electrons. The molecule has 0 spiro atoms. The molecule has 3 nitrogen and oxygen atoms in total. The Balaban J connectivity index is 0.00000144. The third-order valence-electron chi connectivity index (χ3n) is 1.20. The Labute approximate surface area is 101 Å². The van der Waals surface area contributed by atoms with Gasteiger partial charge in [-0.1, -0.05) is 0 Å². The molecule has 0 aliphatic carbocycles. The van der Waals surface area contributed by atoms with Crippen LogP contribution in [-0.2, 0) is 4.79 Å². The van der Waals surface area contributed by atoms with E-state index in [1.54, 1.807) is 12.1 Å². The molecule has 0 saturated heterocycles. The van der Waals surface area contributed by atoms with E-state index in [-0.39, 0.29) is 37.7 Å². The van der Waals surface area contributed by atoms with Gasteiger partial charge in [-0.25, -0.2) is 0 Å². The third-order valence-corrected chi connectivity index (χ3v) is 1.20. The molecule has 0 aromatic heterocycles. The van der Waals surface area contributed by atoms with E-state index >= 15 is 0 Å². The largest absolute Gasteiger partial charge is 2.00 e. The first-order valence-corrected chi connectivity index (χ1v) is 3.51. The normalized spacial score (nSPS) is 8.31. The van der Waals surface area contributed by atoms with Crippen LogP contribution in [0.1, 0.15) is 0 Å². The van der Waals surface area contributed by atoms with Crippen LogP contribution in [0.15, 0.2) is 24.3 Å². The molecule has 0 fully saturated rings. The zero-order chi connectivity index (χ0) is 8.81. The summed E-state index contributed by atoms with van der Waals surface area (Å²) in [5, 5.41) is 0. The third kappa shape index (κ3) is 5.62. The molecular weight excluding hydrogens is 392 g/mol. The van der Waals surface area contributed by atoms with Crippen LogP contribution in [0.5, 0.6) is 5.75 Å².